The maximum atomic E-state index is 12.5. The van der Waals surface area contributed by atoms with E-state index in [9.17, 15) is 9.59 Å². The van der Waals surface area contributed by atoms with Crippen molar-refractivity contribution in [3.8, 4) is 23.7 Å². The quantitative estimate of drug-likeness (QED) is 0.254. The van der Waals surface area contributed by atoms with Crippen LogP contribution in [0.4, 0.5) is 0 Å². The maximum Gasteiger partial charge on any atom is 0.267 e. The third kappa shape index (κ3) is 5.80. The normalized spacial score (nSPS) is 23.4. The van der Waals surface area contributed by atoms with Gasteiger partial charge in [0.05, 0.1) is 19.3 Å². The predicted octanol–water partition coefficient (Wildman–Crippen LogP) is -0.738. The van der Waals surface area contributed by atoms with Gasteiger partial charge in [0.1, 0.15) is 6.04 Å². The van der Waals surface area contributed by atoms with Gasteiger partial charge >= 0.3 is 0 Å². The fourth-order valence-electron chi connectivity index (χ4n) is 3.01. The van der Waals surface area contributed by atoms with Crippen molar-refractivity contribution < 1.29 is 24.6 Å². The number of carbonyl (C=O) groups is 2. The zero-order valence-corrected chi connectivity index (χ0v) is 15.8. The fraction of sp³-hybridized carbons (Fsp3) is 0.429. The maximum absolute atomic E-state index is 12.5. The standard InChI is InChI=1S/C21H23N3O5/c25-12-17-11-16(17)4-2-1-3-14-5-7-15(8-6-14)20(26)23-19(21(27)24-28)18-13-29-10-9-22-18/h5-8,16-19,22,25,28H,9-13H2,(H,23,26)(H,24,27). The van der Waals surface area contributed by atoms with Gasteiger partial charge in [0.15, 0.2) is 0 Å². The molecule has 8 nitrogen and oxygen atoms in total. The van der Waals surface area contributed by atoms with E-state index in [0.29, 0.717) is 24.3 Å². The number of benzene rings is 1. The average Bonchev–Trinajstić information content (AvgIpc) is 3.54. The van der Waals surface area contributed by atoms with E-state index < -0.39 is 23.9 Å². The van der Waals surface area contributed by atoms with E-state index in [4.69, 9.17) is 15.1 Å². The molecular formula is C21H23N3O5. The first-order valence-corrected chi connectivity index (χ1v) is 9.40. The molecule has 1 aliphatic heterocycles. The second-order valence-corrected chi connectivity index (χ2v) is 6.94. The van der Waals surface area contributed by atoms with Gasteiger partial charge in [0.25, 0.3) is 11.8 Å². The van der Waals surface area contributed by atoms with E-state index in [1.165, 1.54) is 0 Å². The van der Waals surface area contributed by atoms with Crippen LogP contribution in [0.2, 0.25) is 0 Å². The van der Waals surface area contributed by atoms with Crippen molar-refractivity contribution in [3.63, 3.8) is 0 Å². The first kappa shape index (κ1) is 20.8. The Kier molecular flexibility index (Phi) is 7.23. The predicted molar refractivity (Wildman–Crippen MR) is 104 cm³/mol. The number of morpholine rings is 1. The molecule has 5 N–H and O–H groups in total. The zero-order valence-electron chi connectivity index (χ0n) is 15.8. The first-order valence-electron chi connectivity index (χ1n) is 9.40. The van der Waals surface area contributed by atoms with Gasteiger partial charge in [-0.2, -0.15) is 0 Å². The zero-order chi connectivity index (χ0) is 20.6. The fourth-order valence-corrected chi connectivity index (χ4v) is 3.01. The van der Waals surface area contributed by atoms with E-state index in [1.54, 1.807) is 29.7 Å². The third-order valence-electron chi connectivity index (χ3n) is 4.86. The van der Waals surface area contributed by atoms with Crippen molar-refractivity contribution in [2.24, 2.45) is 11.8 Å². The molecule has 1 heterocycles. The number of nitrogens with one attached hydrogen (secondary N) is 3. The number of aliphatic hydroxyl groups is 1. The largest absolute Gasteiger partial charge is 0.396 e. The van der Waals surface area contributed by atoms with Gasteiger partial charge in [0.2, 0.25) is 0 Å². The van der Waals surface area contributed by atoms with Gasteiger partial charge in [-0.1, -0.05) is 11.8 Å². The van der Waals surface area contributed by atoms with Crippen LogP contribution in [0.5, 0.6) is 0 Å². The lowest BCUT2D eigenvalue weighted by molar-refractivity contribution is -0.132. The Morgan fingerprint density at radius 2 is 2.07 bits per heavy atom. The molecule has 0 aromatic heterocycles. The van der Waals surface area contributed by atoms with Crippen molar-refractivity contribution in [1.82, 2.24) is 16.1 Å². The highest BCUT2D eigenvalue weighted by Gasteiger charge is 2.34. The third-order valence-corrected chi connectivity index (χ3v) is 4.86. The Bertz CT molecular complexity index is 856. The van der Waals surface area contributed by atoms with Crippen LogP contribution >= 0.6 is 0 Å². The van der Waals surface area contributed by atoms with Crippen molar-refractivity contribution in [2.45, 2.75) is 18.5 Å². The minimum atomic E-state index is -0.979. The molecule has 2 aliphatic rings. The molecule has 1 aliphatic carbocycles. The molecule has 1 saturated heterocycles. The minimum absolute atomic E-state index is 0.168. The molecule has 4 atom stereocenters. The molecule has 8 heteroatoms. The molecule has 0 spiro atoms. The molecule has 4 unspecified atom stereocenters. The number of ether oxygens (including phenoxy) is 1. The van der Waals surface area contributed by atoms with E-state index in [2.05, 4.69) is 34.3 Å². The summed E-state index contributed by atoms with van der Waals surface area (Å²) in [5, 5.41) is 23.7. The van der Waals surface area contributed by atoms with Gasteiger partial charge in [-0.25, -0.2) is 5.48 Å². The first-order chi connectivity index (χ1) is 14.1. The summed E-state index contributed by atoms with van der Waals surface area (Å²) in [4.78, 5) is 24.5. The molecule has 2 fully saturated rings. The second kappa shape index (κ2) is 10.1. The summed E-state index contributed by atoms with van der Waals surface area (Å²) in [6.07, 6.45) is 0.923. The van der Waals surface area contributed by atoms with E-state index in [1.807, 2.05) is 0 Å². The number of hydrogen-bond donors (Lipinski definition) is 5. The lowest BCUT2D eigenvalue weighted by Crippen LogP contribution is -2.60. The number of rotatable bonds is 5. The summed E-state index contributed by atoms with van der Waals surface area (Å²) in [5.74, 6) is 10.8. The molecule has 3 rings (SSSR count). The number of aliphatic hydroxyl groups excluding tert-OH is 1. The topological polar surface area (TPSA) is 120 Å². The summed E-state index contributed by atoms with van der Waals surface area (Å²) in [5.41, 5.74) is 2.65. The average molecular weight is 397 g/mol. The molecule has 0 bridgehead atoms. The van der Waals surface area contributed by atoms with Crippen LogP contribution in [0.25, 0.3) is 0 Å². The number of hydrogen-bond acceptors (Lipinski definition) is 6. The Hall–Kier alpha value is -2.88. The lowest BCUT2D eigenvalue weighted by Gasteiger charge is -2.30. The van der Waals surface area contributed by atoms with Crippen LogP contribution < -0.4 is 16.1 Å². The van der Waals surface area contributed by atoms with Gasteiger partial charge in [0, 0.05) is 30.2 Å². The van der Waals surface area contributed by atoms with Crippen LogP contribution in [0.15, 0.2) is 24.3 Å². The molecule has 1 saturated carbocycles. The number of hydroxylamine groups is 1. The SMILES string of the molecule is O=C(NC(C(=O)NO)C1COCCN1)c1ccc(C#CC#CC2CC2CO)cc1. The Labute approximate surface area is 169 Å². The summed E-state index contributed by atoms with van der Waals surface area (Å²) < 4.78 is 5.32. The van der Waals surface area contributed by atoms with E-state index in [-0.39, 0.29) is 25.0 Å². The van der Waals surface area contributed by atoms with Gasteiger partial charge in [-0.3, -0.25) is 14.8 Å². The second-order valence-electron chi connectivity index (χ2n) is 6.94. The minimum Gasteiger partial charge on any atom is -0.396 e. The summed E-state index contributed by atoms with van der Waals surface area (Å²) in [7, 11) is 0. The molecule has 29 heavy (non-hydrogen) atoms. The van der Waals surface area contributed by atoms with Crippen molar-refractivity contribution in [3.05, 3.63) is 35.4 Å². The Morgan fingerprint density at radius 1 is 1.28 bits per heavy atom. The van der Waals surface area contributed by atoms with Gasteiger partial charge < -0.3 is 20.5 Å². The van der Waals surface area contributed by atoms with Crippen LogP contribution in [0, 0.1) is 35.5 Å². The van der Waals surface area contributed by atoms with E-state index in [0.717, 1.165) is 6.42 Å². The van der Waals surface area contributed by atoms with Crippen LogP contribution in [-0.2, 0) is 9.53 Å². The highest BCUT2D eigenvalue weighted by atomic mass is 16.5. The highest BCUT2D eigenvalue weighted by molar-refractivity contribution is 5.97. The lowest BCUT2D eigenvalue weighted by atomic mass is 10.1. The molecule has 1 aromatic rings. The van der Waals surface area contributed by atoms with Crippen molar-refractivity contribution in [2.75, 3.05) is 26.4 Å². The van der Waals surface area contributed by atoms with Crippen LogP contribution in [0.3, 0.4) is 0 Å². The molecule has 0 radical (unpaired) electrons. The number of amides is 2. The van der Waals surface area contributed by atoms with Gasteiger partial charge in [-0.05, 0) is 48.4 Å². The Balaban J connectivity index is 1.59. The molecular weight excluding hydrogens is 374 g/mol. The summed E-state index contributed by atoms with van der Waals surface area (Å²) >= 11 is 0. The molecule has 152 valence electrons. The van der Waals surface area contributed by atoms with E-state index >= 15 is 0 Å². The summed E-state index contributed by atoms with van der Waals surface area (Å²) in [6, 6.07) is 5.18. The molecule has 1 aromatic carbocycles. The summed E-state index contributed by atoms with van der Waals surface area (Å²) in [6.45, 7) is 1.48. The Morgan fingerprint density at radius 3 is 2.69 bits per heavy atom. The monoisotopic (exact) mass is 397 g/mol. The van der Waals surface area contributed by atoms with Gasteiger partial charge in [-0.15, -0.1) is 0 Å². The van der Waals surface area contributed by atoms with Crippen molar-refractivity contribution in [1.29, 1.82) is 0 Å². The van der Waals surface area contributed by atoms with Crippen LogP contribution in [0.1, 0.15) is 22.3 Å². The highest BCUT2D eigenvalue weighted by Crippen LogP contribution is 2.36. The smallest absolute Gasteiger partial charge is 0.267 e. The van der Waals surface area contributed by atoms with Crippen molar-refractivity contribution >= 4 is 11.8 Å². The number of carbonyl (C=O) groups excluding carboxylic acids is 2. The molecule has 2 amide bonds. The van der Waals surface area contributed by atoms with Crippen LogP contribution in [-0.4, -0.2) is 60.6 Å².